The number of nitrogens with zero attached hydrogens (tertiary/aromatic N) is 5. The number of benzene rings is 2. The fourth-order valence-corrected chi connectivity index (χ4v) is 3.52. The number of ether oxygens (including phenoxy) is 1. The number of nitrogens with one attached hydrogen (secondary N) is 1. The molecule has 3 aromatic rings. The molecule has 0 amide bonds. The Morgan fingerprint density at radius 3 is 2.58 bits per heavy atom. The standard InChI is InChI=1S/C25H31N7O/c1-4-28-25(31(2)18-19-12-14-21(33-3)15-13-19)29-16-8-11-23-22(17-26)24(27)32(30-23)20-9-6-5-7-10-20/h5-7,9-10,12-15H,4,8,11,16,18,27H2,1-3H3,(H,28,29). The van der Waals surface area contributed by atoms with Crippen molar-refractivity contribution in [3.63, 3.8) is 0 Å². The lowest BCUT2D eigenvalue weighted by Crippen LogP contribution is -2.38. The number of nitrogen functional groups attached to an aromatic ring is 1. The van der Waals surface area contributed by atoms with Crippen molar-refractivity contribution in [1.82, 2.24) is 20.0 Å². The fourth-order valence-electron chi connectivity index (χ4n) is 3.52. The topological polar surface area (TPSA) is 104 Å². The average Bonchev–Trinajstić information content (AvgIpc) is 3.17. The predicted molar refractivity (Wildman–Crippen MR) is 131 cm³/mol. The van der Waals surface area contributed by atoms with Crippen LogP contribution in [0.1, 0.15) is 30.2 Å². The molecule has 1 heterocycles. The molecule has 2 aromatic carbocycles. The first kappa shape index (κ1) is 23.7. The molecule has 0 radical (unpaired) electrons. The molecule has 0 aliphatic heterocycles. The van der Waals surface area contributed by atoms with Crippen LogP contribution < -0.4 is 15.8 Å². The highest BCUT2D eigenvalue weighted by Gasteiger charge is 2.16. The monoisotopic (exact) mass is 445 g/mol. The Bertz CT molecular complexity index is 1100. The number of nitrogens with two attached hydrogens (primary N) is 1. The second-order valence-corrected chi connectivity index (χ2v) is 7.61. The summed E-state index contributed by atoms with van der Waals surface area (Å²) in [6.07, 6.45) is 1.38. The Morgan fingerprint density at radius 1 is 1.21 bits per heavy atom. The van der Waals surface area contributed by atoms with Crippen molar-refractivity contribution >= 4 is 11.8 Å². The summed E-state index contributed by atoms with van der Waals surface area (Å²) >= 11 is 0. The van der Waals surface area contributed by atoms with Crippen molar-refractivity contribution in [1.29, 1.82) is 5.26 Å². The minimum Gasteiger partial charge on any atom is -0.497 e. The van der Waals surface area contributed by atoms with Gasteiger partial charge in [0, 0.05) is 26.7 Å². The lowest BCUT2D eigenvalue weighted by atomic mass is 10.1. The van der Waals surface area contributed by atoms with E-state index >= 15 is 0 Å². The van der Waals surface area contributed by atoms with Gasteiger partial charge in [0.2, 0.25) is 0 Å². The van der Waals surface area contributed by atoms with E-state index in [-0.39, 0.29) is 0 Å². The second kappa shape index (κ2) is 11.6. The van der Waals surface area contributed by atoms with E-state index in [1.165, 1.54) is 5.56 Å². The molecule has 8 nitrogen and oxygen atoms in total. The van der Waals surface area contributed by atoms with Crippen molar-refractivity contribution in [3.05, 3.63) is 71.4 Å². The van der Waals surface area contributed by atoms with E-state index in [0.717, 1.165) is 36.9 Å². The van der Waals surface area contributed by atoms with E-state index in [1.807, 2.05) is 49.5 Å². The Labute approximate surface area is 195 Å². The number of anilines is 1. The van der Waals surface area contributed by atoms with Gasteiger partial charge in [0.05, 0.1) is 18.5 Å². The molecular formula is C25H31N7O. The number of para-hydroxylation sites is 1. The maximum Gasteiger partial charge on any atom is 0.193 e. The lowest BCUT2D eigenvalue weighted by molar-refractivity contribution is 0.414. The third-order valence-electron chi connectivity index (χ3n) is 5.21. The molecule has 0 atom stereocenters. The fraction of sp³-hybridized carbons (Fsp3) is 0.320. The normalized spacial score (nSPS) is 11.2. The van der Waals surface area contributed by atoms with Gasteiger partial charge in [-0.05, 0) is 49.6 Å². The first-order valence-electron chi connectivity index (χ1n) is 11.0. The Morgan fingerprint density at radius 2 is 1.94 bits per heavy atom. The summed E-state index contributed by atoms with van der Waals surface area (Å²) in [5.74, 6) is 2.05. The third kappa shape index (κ3) is 6.04. The molecule has 0 unspecified atom stereocenters. The number of aryl methyl sites for hydroxylation is 1. The number of methoxy groups -OCH3 is 1. The van der Waals surface area contributed by atoms with Gasteiger partial charge >= 0.3 is 0 Å². The number of hydrogen-bond donors (Lipinski definition) is 2. The molecule has 172 valence electrons. The van der Waals surface area contributed by atoms with Gasteiger partial charge in [-0.15, -0.1) is 0 Å². The molecule has 0 aliphatic rings. The number of rotatable bonds is 9. The van der Waals surface area contributed by atoms with Crippen LogP contribution in [-0.2, 0) is 13.0 Å². The van der Waals surface area contributed by atoms with Crippen LogP contribution in [0.5, 0.6) is 5.75 Å². The van der Waals surface area contributed by atoms with Crippen molar-refractivity contribution in [3.8, 4) is 17.5 Å². The number of aliphatic imine (C=N–C) groups is 1. The van der Waals surface area contributed by atoms with Gasteiger partial charge < -0.3 is 20.7 Å². The zero-order valence-corrected chi connectivity index (χ0v) is 19.5. The summed E-state index contributed by atoms with van der Waals surface area (Å²) in [4.78, 5) is 6.85. The van der Waals surface area contributed by atoms with Crippen LogP contribution in [0.3, 0.4) is 0 Å². The molecule has 0 saturated carbocycles. The zero-order chi connectivity index (χ0) is 23.6. The molecule has 0 spiro atoms. The molecular weight excluding hydrogens is 414 g/mol. The first-order chi connectivity index (χ1) is 16.1. The van der Waals surface area contributed by atoms with E-state index in [9.17, 15) is 5.26 Å². The van der Waals surface area contributed by atoms with Crippen molar-refractivity contribution in [2.75, 3.05) is 33.0 Å². The van der Waals surface area contributed by atoms with Gasteiger partial charge in [-0.25, -0.2) is 4.68 Å². The zero-order valence-electron chi connectivity index (χ0n) is 19.5. The van der Waals surface area contributed by atoms with Crippen LogP contribution in [-0.4, -0.2) is 47.9 Å². The van der Waals surface area contributed by atoms with Gasteiger partial charge in [-0.2, -0.15) is 10.4 Å². The number of guanidine groups is 1. The molecule has 0 aliphatic carbocycles. The van der Waals surface area contributed by atoms with Gasteiger partial charge in [0.25, 0.3) is 0 Å². The molecule has 3 rings (SSSR count). The van der Waals surface area contributed by atoms with Crippen LogP contribution >= 0.6 is 0 Å². The minimum atomic E-state index is 0.370. The summed E-state index contributed by atoms with van der Waals surface area (Å²) in [6.45, 7) is 4.17. The highest BCUT2D eigenvalue weighted by molar-refractivity contribution is 5.79. The molecule has 1 aromatic heterocycles. The van der Waals surface area contributed by atoms with Crippen molar-refractivity contribution in [2.45, 2.75) is 26.3 Å². The molecule has 0 fully saturated rings. The minimum absolute atomic E-state index is 0.370. The van der Waals surface area contributed by atoms with Crippen LogP contribution in [0.4, 0.5) is 5.82 Å². The lowest BCUT2D eigenvalue weighted by Gasteiger charge is -2.22. The Kier molecular flexibility index (Phi) is 8.30. The maximum absolute atomic E-state index is 9.58. The van der Waals surface area contributed by atoms with E-state index in [0.29, 0.717) is 30.0 Å². The van der Waals surface area contributed by atoms with Crippen molar-refractivity contribution in [2.24, 2.45) is 4.99 Å². The van der Waals surface area contributed by atoms with E-state index in [4.69, 9.17) is 15.5 Å². The molecule has 33 heavy (non-hydrogen) atoms. The number of aromatic nitrogens is 2. The van der Waals surface area contributed by atoms with Crippen LogP contribution in [0.25, 0.3) is 5.69 Å². The molecule has 0 bridgehead atoms. The largest absolute Gasteiger partial charge is 0.497 e. The predicted octanol–water partition coefficient (Wildman–Crippen LogP) is 3.36. The summed E-state index contributed by atoms with van der Waals surface area (Å²) in [5.41, 5.74) is 9.34. The highest BCUT2D eigenvalue weighted by Crippen LogP contribution is 2.21. The van der Waals surface area contributed by atoms with Gasteiger partial charge in [-0.1, -0.05) is 30.3 Å². The van der Waals surface area contributed by atoms with Crippen LogP contribution in [0.15, 0.2) is 59.6 Å². The number of hydrogen-bond acceptors (Lipinski definition) is 5. The average molecular weight is 446 g/mol. The Balaban J connectivity index is 1.64. The van der Waals surface area contributed by atoms with E-state index < -0.39 is 0 Å². The molecule has 3 N–H and O–H groups in total. The molecule has 0 saturated heterocycles. The maximum atomic E-state index is 9.58. The summed E-state index contributed by atoms with van der Waals surface area (Å²) in [6, 6.07) is 19.8. The van der Waals surface area contributed by atoms with E-state index in [1.54, 1.807) is 11.8 Å². The SMILES string of the molecule is CCNC(=NCCCc1nn(-c2ccccc2)c(N)c1C#N)N(C)Cc1ccc(OC)cc1. The smallest absolute Gasteiger partial charge is 0.193 e. The second-order valence-electron chi connectivity index (χ2n) is 7.61. The Hall–Kier alpha value is -3.99. The third-order valence-corrected chi connectivity index (χ3v) is 5.21. The number of nitriles is 1. The van der Waals surface area contributed by atoms with Gasteiger partial charge in [0.15, 0.2) is 5.96 Å². The first-order valence-corrected chi connectivity index (χ1v) is 11.0. The van der Waals surface area contributed by atoms with Crippen LogP contribution in [0, 0.1) is 11.3 Å². The van der Waals surface area contributed by atoms with Crippen molar-refractivity contribution < 1.29 is 4.74 Å². The summed E-state index contributed by atoms with van der Waals surface area (Å²) < 4.78 is 6.86. The van der Waals surface area contributed by atoms with Gasteiger partial charge in [0.1, 0.15) is 23.2 Å². The van der Waals surface area contributed by atoms with E-state index in [2.05, 4.69) is 40.4 Å². The highest BCUT2D eigenvalue weighted by atomic mass is 16.5. The van der Waals surface area contributed by atoms with Crippen LogP contribution in [0.2, 0.25) is 0 Å². The van der Waals surface area contributed by atoms with Gasteiger partial charge in [-0.3, -0.25) is 4.99 Å². The summed E-state index contributed by atoms with van der Waals surface area (Å²) in [5, 5.41) is 17.5. The summed E-state index contributed by atoms with van der Waals surface area (Å²) in [7, 11) is 3.68. The molecule has 8 heteroatoms. The quantitative estimate of drug-likeness (QED) is 0.297.